The number of allylic oxidation sites excluding steroid dienone is 1. The van der Waals surface area contributed by atoms with Crippen LogP contribution < -0.4 is 0 Å². The minimum absolute atomic E-state index is 0.894. The molecule has 1 heteroatoms. The monoisotopic (exact) mass is 247 g/mol. The highest BCUT2D eigenvalue weighted by molar-refractivity contribution is 5.92. The van der Waals surface area contributed by atoms with Gasteiger partial charge in [-0.15, -0.1) is 6.58 Å². The van der Waals surface area contributed by atoms with Crippen molar-refractivity contribution < 1.29 is 0 Å². The van der Waals surface area contributed by atoms with Crippen LogP contribution >= 0.6 is 0 Å². The summed E-state index contributed by atoms with van der Waals surface area (Å²) < 4.78 is 2.28. The highest BCUT2D eigenvalue weighted by Crippen LogP contribution is 2.33. The molecule has 0 aliphatic rings. The second kappa shape index (κ2) is 4.77. The summed E-state index contributed by atoms with van der Waals surface area (Å²) in [5.74, 6) is 0. The highest BCUT2D eigenvalue weighted by atomic mass is 14.9. The topological polar surface area (TPSA) is 4.93 Å². The van der Waals surface area contributed by atoms with Crippen LogP contribution in [0.4, 0.5) is 0 Å². The van der Waals surface area contributed by atoms with Gasteiger partial charge in [-0.3, -0.25) is 0 Å². The molecule has 0 unspecified atom stereocenters. The molecule has 0 radical (unpaired) electrons. The van der Waals surface area contributed by atoms with E-state index in [1.165, 1.54) is 27.7 Å². The van der Waals surface area contributed by atoms with E-state index in [1.54, 1.807) is 0 Å². The van der Waals surface area contributed by atoms with Gasteiger partial charge in [0, 0.05) is 18.0 Å². The van der Waals surface area contributed by atoms with E-state index in [9.17, 15) is 0 Å². The van der Waals surface area contributed by atoms with Crippen molar-refractivity contribution in [3.63, 3.8) is 0 Å². The first-order chi connectivity index (χ1) is 9.33. The van der Waals surface area contributed by atoms with Crippen LogP contribution in [0.2, 0.25) is 0 Å². The third-order valence-corrected chi connectivity index (χ3v) is 3.61. The average molecular weight is 247 g/mol. The summed E-state index contributed by atoms with van der Waals surface area (Å²) in [7, 11) is 2.14. The second-order valence-corrected chi connectivity index (χ2v) is 4.76. The maximum absolute atomic E-state index is 3.90. The van der Waals surface area contributed by atoms with E-state index in [-0.39, 0.29) is 0 Å². The van der Waals surface area contributed by atoms with Crippen LogP contribution in [0.15, 0.2) is 67.3 Å². The molecule has 0 bridgehead atoms. The van der Waals surface area contributed by atoms with E-state index in [2.05, 4.69) is 72.8 Å². The Morgan fingerprint density at radius 2 is 1.68 bits per heavy atom. The predicted molar refractivity (Wildman–Crippen MR) is 82.3 cm³/mol. The molecule has 0 saturated heterocycles. The van der Waals surface area contributed by atoms with Crippen molar-refractivity contribution in [1.82, 2.24) is 4.57 Å². The number of nitrogens with zero attached hydrogens (tertiary/aromatic N) is 1. The number of hydrogen-bond donors (Lipinski definition) is 0. The van der Waals surface area contributed by atoms with Crippen LogP contribution in [0, 0.1) is 0 Å². The van der Waals surface area contributed by atoms with E-state index in [4.69, 9.17) is 0 Å². The molecule has 0 saturated carbocycles. The molecule has 0 amide bonds. The Balaban J connectivity index is 2.37. The molecule has 2 aromatic carbocycles. The van der Waals surface area contributed by atoms with Gasteiger partial charge in [0.2, 0.25) is 0 Å². The van der Waals surface area contributed by atoms with Gasteiger partial charge in [0.1, 0.15) is 0 Å². The van der Waals surface area contributed by atoms with E-state index >= 15 is 0 Å². The molecule has 0 spiro atoms. The van der Waals surface area contributed by atoms with Crippen LogP contribution in [0.1, 0.15) is 5.56 Å². The molecule has 0 aliphatic heterocycles. The fraction of sp³-hybridized carbons (Fsp3) is 0.111. The van der Waals surface area contributed by atoms with Crippen molar-refractivity contribution in [3.8, 4) is 11.3 Å². The number of hydrogen-bond acceptors (Lipinski definition) is 0. The van der Waals surface area contributed by atoms with E-state index in [0.29, 0.717) is 0 Å². The van der Waals surface area contributed by atoms with Gasteiger partial charge in [0.05, 0.1) is 5.69 Å². The van der Waals surface area contributed by atoms with Crippen LogP contribution in [-0.4, -0.2) is 4.57 Å². The average Bonchev–Trinajstić information content (AvgIpc) is 2.74. The molecule has 94 valence electrons. The zero-order valence-corrected chi connectivity index (χ0v) is 11.1. The summed E-state index contributed by atoms with van der Waals surface area (Å²) in [4.78, 5) is 0. The molecule has 3 rings (SSSR count). The molecular formula is C18H17N. The third kappa shape index (κ3) is 1.88. The minimum Gasteiger partial charge on any atom is -0.343 e. The summed E-state index contributed by atoms with van der Waals surface area (Å²) in [6.45, 7) is 3.90. The number of aromatic nitrogens is 1. The van der Waals surface area contributed by atoms with Gasteiger partial charge in [0.25, 0.3) is 0 Å². The lowest BCUT2D eigenvalue weighted by Crippen LogP contribution is -1.93. The van der Waals surface area contributed by atoms with Crippen LogP contribution in [0.3, 0.4) is 0 Å². The maximum atomic E-state index is 3.90. The smallest absolute Gasteiger partial charge is 0.0524 e. The van der Waals surface area contributed by atoms with Crippen molar-refractivity contribution in [3.05, 3.63) is 72.8 Å². The summed E-state index contributed by atoms with van der Waals surface area (Å²) in [5.41, 5.74) is 5.19. The van der Waals surface area contributed by atoms with E-state index in [1.807, 2.05) is 6.08 Å². The molecule has 19 heavy (non-hydrogen) atoms. The zero-order valence-electron chi connectivity index (χ0n) is 11.1. The van der Waals surface area contributed by atoms with Crippen molar-refractivity contribution in [2.75, 3.05) is 0 Å². The Bertz CT molecular complexity index is 720. The summed E-state index contributed by atoms with van der Waals surface area (Å²) in [6.07, 6.45) is 2.87. The summed E-state index contributed by atoms with van der Waals surface area (Å²) >= 11 is 0. The standard InChI is InChI=1S/C18H17N/c1-3-9-16-15-12-7-8-13-17(15)19(2)18(16)14-10-5-4-6-11-14/h3-8,10-13H,1,9H2,2H3. The van der Waals surface area contributed by atoms with Gasteiger partial charge in [-0.25, -0.2) is 0 Å². The Labute approximate surface area is 113 Å². The summed E-state index contributed by atoms with van der Waals surface area (Å²) in [5, 5.41) is 1.32. The van der Waals surface area contributed by atoms with Crippen molar-refractivity contribution in [1.29, 1.82) is 0 Å². The molecule has 0 aliphatic carbocycles. The number of rotatable bonds is 3. The lowest BCUT2D eigenvalue weighted by Gasteiger charge is -2.07. The molecule has 1 nitrogen and oxygen atoms in total. The Morgan fingerprint density at radius 3 is 2.42 bits per heavy atom. The Morgan fingerprint density at radius 1 is 1.00 bits per heavy atom. The van der Waals surface area contributed by atoms with Gasteiger partial charge in [-0.1, -0.05) is 54.6 Å². The largest absolute Gasteiger partial charge is 0.343 e. The number of para-hydroxylation sites is 1. The zero-order chi connectivity index (χ0) is 13.2. The molecule has 0 atom stereocenters. The molecule has 0 fully saturated rings. The van der Waals surface area contributed by atoms with Crippen LogP contribution in [0.5, 0.6) is 0 Å². The molecule has 1 heterocycles. The SMILES string of the molecule is C=CCc1c(-c2ccccc2)n(C)c2ccccc12. The van der Waals surface area contributed by atoms with Gasteiger partial charge in [-0.05, 0) is 23.6 Å². The maximum Gasteiger partial charge on any atom is 0.0524 e. The lowest BCUT2D eigenvalue weighted by molar-refractivity contribution is 0.970. The quantitative estimate of drug-likeness (QED) is 0.597. The first-order valence-electron chi connectivity index (χ1n) is 6.55. The fourth-order valence-electron chi connectivity index (χ4n) is 2.79. The number of aryl methyl sites for hydroxylation is 1. The van der Waals surface area contributed by atoms with Crippen molar-refractivity contribution in [2.24, 2.45) is 7.05 Å². The van der Waals surface area contributed by atoms with Gasteiger partial charge in [0.15, 0.2) is 0 Å². The molecule has 3 aromatic rings. The van der Waals surface area contributed by atoms with E-state index in [0.717, 1.165) is 6.42 Å². The Hall–Kier alpha value is -2.28. The normalized spacial score (nSPS) is 10.8. The number of fused-ring (bicyclic) bond motifs is 1. The van der Waals surface area contributed by atoms with Crippen LogP contribution in [0.25, 0.3) is 22.2 Å². The van der Waals surface area contributed by atoms with E-state index < -0.39 is 0 Å². The van der Waals surface area contributed by atoms with Gasteiger partial charge >= 0.3 is 0 Å². The van der Waals surface area contributed by atoms with Gasteiger partial charge in [-0.2, -0.15) is 0 Å². The molecule has 0 N–H and O–H groups in total. The highest BCUT2D eigenvalue weighted by Gasteiger charge is 2.14. The first kappa shape index (κ1) is 11.8. The molecular weight excluding hydrogens is 230 g/mol. The minimum atomic E-state index is 0.894. The Kier molecular flexibility index (Phi) is 2.96. The fourth-order valence-corrected chi connectivity index (χ4v) is 2.79. The first-order valence-corrected chi connectivity index (χ1v) is 6.55. The number of benzene rings is 2. The lowest BCUT2D eigenvalue weighted by atomic mass is 10.0. The second-order valence-electron chi connectivity index (χ2n) is 4.76. The third-order valence-electron chi connectivity index (χ3n) is 3.61. The van der Waals surface area contributed by atoms with Gasteiger partial charge < -0.3 is 4.57 Å². The predicted octanol–water partition coefficient (Wildman–Crippen LogP) is 4.57. The van der Waals surface area contributed by atoms with Crippen molar-refractivity contribution in [2.45, 2.75) is 6.42 Å². The van der Waals surface area contributed by atoms with Crippen LogP contribution in [-0.2, 0) is 13.5 Å². The molecule has 1 aromatic heterocycles. The summed E-state index contributed by atoms with van der Waals surface area (Å²) in [6, 6.07) is 19.1. The van der Waals surface area contributed by atoms with Crippen molar-refractivity contribution >= 4 is 10.9 Å².